The van der Waals surface area contributed by atoms with Crippen LogP contribution in [0.3, 0.4) is 0 Å². The van der Waals surface area contributed by atoms with Crippen LogP contribution in [-0.4, -0.2) is 34.4 Å². The van der Waals surface area contributed by atoms with E-state index in [9.17, 15) is 19.8 Å². The van der Waals surface area contributed by atoms with E-state index in [-0.39, 0.29) is 118 Å². The van der Waals surface area contributed by atoms with E-state index >= 15 is 0 Å². The Hall–Kier alpha value is 3.29. The first-order valence-corrected chi connectivity index (χ1v) is 4.77. The number of hydrogen-bond donors (Lipinski definition) is 2. The summed E-state index contributed by atoms with van der Waals surface area (Å²) in [6.45, 7) is 0. The van der Waals surface area contributed by atoms with Gasteiger partial charge < -0.3 is 30.0 Å². The first kappa shape index (κ1) is 37.5. The molecule has 0 fully saturated rings. The van der Waals surface area contributed by atoms with Crippen LogP contribution in [0.1, 0.15) is 0 Å². The second-order valence-corrected chi connectivity index (χ2v) is 2.56. The molecule has 0 heterocycles. The van der Waals surface area contributed by atoms with Gasteiger partial charge in [-0.1, -0.05) is 0 Å². The average Bonchev–Trinajstić information content (AvgIpc) is 2.00. The Labute approximate surface area is 198 Å². The van der Waals surface area contributed by atoms with Crippen molar-refractivity contribution in [2.75, 3.05) is 0 Å². The summed E-state index contributed by atoms with van der Waals surface area (Å²) in [7, 11) is 0. The maximum atomic E-state index is 9.63. The molecular formula is C4H4Na4O9Ti. The zero-order valence-corrected chi connectivity index (χ0v) is 20.0. The van der Waals surface area contributed by atoms with Crippen LogP contribution in [0.2, 0.25) is 0 Å². The summed E-state index contributed by atoms with van der Waals surface area (Å²) in [4.78, 5) is 19.3. The second-order valence-electron chi connectivity index (χ2n) is 1.78. The van der Waals surface area contributed by atoms with Gasteiger partial charge in [0.1, 0.15) is 12.2 Å². The monoisotopic (exact) mass is 336 g/mol. The first-order valence-electron chi connectivity index (χ1n) is 2.86. The van der Waals surface area contributed by atoms with Crippen molar-refractivity contribution in [1.29, 1.82) is 0 Å². The molecule has 0 spiro atoms. The van der Waals surface area contributed by atoms with Crippen molar-refractivity contribution in [1.82, 2.24) is 0 Å². The third-order valence-corrected chi connectivity index (χ3v) is 0.782. The van der Waals surface area contributed by atoms with Gasteiger partial charge in [0.15, 0.2) is 0 Å². The van der Waals surface area contributed by atoms with Crippen LogP contribution < -0.4 is 136 Å². The minimum atomic E-state index is -4.08. The molecule has 0 aromatic heterocycles. The van der Waals surface area contributed by atoms with Crippen LogP contribution in [-0.2, 0) is 31.5 Å². The van der Waals surface area contributed by atoms with Gasteiger partial charge in [0.05, 0.1) is 11.9 Å². The number of aliphatic hydroxyl groups excluding tert-OH is 2. The van der Waals surface area contributed by atoms with Crippen LogP contribution in [0.15, 0.2) is 0 Å². The summed E-state index contributed by atoms with van der Waals surface area (Å²) < 4.78 is 25.8. The number of carbonyl (C=O) groups is 2. The predicted molar refractivity (Wildman–Crippen MR) is 22.7 cm³/mol. The van der Waals surface area contributed by atoms with Crippen LogP contribution in [0.25, 0.3) is 0 Å². The molecule has 9 nitrogen and oxygen atoms in total. The fourth-order valence-corrected chi connectivity index (χ4v) is 0.258. The number of rotatable bonds is 3. The van der Waals surface area contributed by atoms with E-state index in [1.807, 2.05) is 0 Å². The first-order chi connectivity index (χ1) is 6.20. The van der Waals surface area contributed by atoms with Crippen molar-refractivity contribution in [3.05, 3.63) is 0 Å². The molecule has 0 aliphatic rings. The minimum absolute atomic E-state index is 0. The predicted octanol–water partition coefficient (Wildman–Crippen LogP) is -19.3. The Morgan fingerprint density at radius 1 is 0.833 bits per heavy atom. The third kappa shape index (κ3) is 27.6. The molecule has 0 aliphatic carbocycles. The number of hydrogen-bond acceptors (Lipinski definition) is 9. The van der Waals surface area contributed by atoms with Crippen molar-refractivity contribution < 1.29 is 178 Å². The molecule has 2 unspecified atom stereocenters. The summed E-state index contributed by atoms with van der Waals surface area (Å²) in [6, 6.07) is 0. The van der Waals surface area contributed by atoms with E-state index in [2.05, 4.69) is 0 Å². The van der Waals surface area contributed by atoms with Crippen molar-refractivity contribution in [3.63, 3.8) is 0 Å². The van der Waals surface area contributed by atoms with Crippen molar-refractivity contribution >= 4 is 11.9 Å². The summed E-state index contributed by atoms with van der Waals surface area (Å²) in [5, 5.41) is 35.7. The van der Waals surface area contributed by atoms with E-state index in [1.54, 1.807) is 0 Å². The molecule has 0 amide bonds. The zero-order valence-electron chi connectivity index (χ0n) is 10.4. The van der Waals surface area contributed by atoms with Gasteiger partial charge in [-0.15, -0.1) is 0 Å². The van der Waals surface area contributed by atoms with Crippen molar-refractivity contribution in [3.8, 4) is 0 Å². The van der Waals surface area contributed by atoms with Crippen LogP contribution in [0, 0.1) is 0 Å². The molecule has 0 saturated heterocycles. The molecule has 0 aliphatic heterocycles. The third-order valence-electron chi connectivity index (χ3n) is 0.782. The number of aliphatic carboxylic acids is 2. The topological polar surface area (TPSA) is 184 Å². The van der Waals surface area contributed by atoms with E-state index in [0.29, 0.717) is 0 Å². The van der Waals surface area contributed by atoms with Crippen LogP contribution in [0.4, 0.5) is 0 Å². The van der Waals surface area contributed by atoms with E-state index in [1.165, 1.54) is 0 Å². The van der Waals surface area contributed by atoms with Gasteiger partial charge in [-0.2, -0.15) is 0 Å². The molecule has 14 heteroatoms. The molecular weight excluding hydrogens is 332 g/mol. The zero-order chi connectivity index (χ0) is 11.9. The van der Waals surface area contributed by atoms with Crippen molar-refractivity contribution in [2.45, 2.75) is 12.2 Å². The SMILES string of the molecule is O=C([O-])C(O)C(O)C(=O)[O-].[Na+].[Na+].[Na+].[Na+].[O]=[Ti]([O-])[O-]. The van der Waals surface area contributed by atoms with Gasteiger partial charge in [0.2, 0.25) is 0 Å². The Bertz CT molecular complexity index is 217. The van der Waals surface area contributed by atoms with Gasteiger partial charge >= 0.3 is 148 Å². The van der Waals surface area contributed by atoms with Gasteiger partial charge in [-0.05, 0) is 0 Å². The average molecular weight is 336 g/mol. The van der Waals surface area contributed by atoms with E-state index in [0.717, 1.165) is 0 Å². The summed E-state index contributed by atoms with van der Waals surface area (Å²) >= 11 is -4.08. The molecule has 0 aromatic rings. The fourth-order valence-electron chi connectivity index (χ4n) is 0.258. The van der Waals surface area contributed by atoms with Gasteiger partial charge in [-0.3, -0.25) is 0 Å². The molecule has 18 heavy (non-hydrogen) atoms. The number of aliphatic hydroxyl groups is 2. The molecule has 2 atom stereocenters. The van der Waals surface area contributed by atoms with E-state index < -0.39 is 42.8 Å². The molecule has 2 N–H and O–H groups in total. The standard InChI is InChI=1S/C4H6O6.4Na.3O.Ti/c5-1(3(7)8)2(6)4(9)10;;;;;;;;/h1-2,5-6H,(H,7,8)(H,9,10);;;;;;;;/q;4*+1;;2*-1;/p-2. The second kappa shape index (κ2) is 22.6. The Morgan fingerprint density at radius 3 is 1.00 bits per heavy atom. The van der Waals surface area contributed by atoms with Gasteiger partial charge in [0.25, 0.3) is 0 Å². The van der Waals surface area contributed by atoms with E-state index in [4.69, 9.17) is 20.9 Å². The quantitative estimate of drug-likeness (QED) is 0.472. The Balaban J connectivity index is -0.0000000402. The molecule has 0 rings (SSSR count). The number of carboxylic acid groups (broad SMARTS) is 2. The molecule has 0 saturated carbocycles. The molecule has 0 aromatic carbocycles. The number of carbonyl (C=O) groups excluding carboxylic acids is 2. The molecule has 0 radical (unpaired) electrons. The Kier molecular flexibility index (Phi) is 47.0. The summed E-state index contributed by atoms with van der Waals surface area (Å²) in [5.74, 6) is -4.12. The number of carboxylic acids is 2. The van der Waals surface area contributed by atoms with Crippen LogP contribution in [0.5, 0.6) is 0 Å². The molecule has 0 bridgehead atoms. The Morgan fingerprint density at radius 2 is 0.944 bits per heavy atom. The normalized spacial score (nSPS) is 10.2. The van der Waals surface area contributed by atoms with Crippen molar-refractivity contribution in [2.24, 2.45) is 0 Å². The summed E-state index contributed by atoms with van der Waals surface area (Å²) in [6.07, 6.45) is -4.88. The van der Waals surface area contributed by atoms with Gasteiger partial charge in [-0.25, -0.2) is 0 Å². The maximum absolute atomic E-state index is 9.63. The molecule has 82 valence electrons. The van der Waals surface area contributed by atoms with Gasteiger partial charge in [0, 0.05) is 0 Å². The summed E-state index contributed by atoms with van der Waals surface area (Å²) in [5.41, 5.74) is 0. The van der Waals surface area contributed by atoms with Crippen LogP contribution >= 0.6 is 0 Å². The fraction of sp³-hybridized carbons (Fsp3) is 0.500.